The maximum atomic E-state index is 14.4. The summed E-state index contributed by atoms with van der Waals surface area (Å²) in [6.07, 6.45) is -3.20. The lowest BCUT2D eigenvalue weighted by Crippen LogP contribution is -2.25. The molecule has 0 saturated carbocycles. The Hall–Kier alpha value is -2.63. The molecule has 26 heavy (non-hydrogen) atoms. The van der Waals surface area contributed by atoms with Crippen LogP contribution < -0.4 is 4.74 Å². The van der Waals surface area contributed by atoms with Crippen LogP contribution in [-0.2, 0) is 12.5 Å². The molecule has 136 valence electrons. The second-order valence-corrected chi connectivity index (χ2v) is 5.96. The van der Waals surface area contributed by atoms with E-state index in [1.54, 1.807) is 0 Å². The van der Waals surface area contributed by atoms with Crippen LogP contribution in [0.5, 0.6) is 5.75 Å². The fourth-order valence-corrected chi connectivity index (χ4v) is 2.79. The third-order valence-corrected chi connectivity index (χ3v) is 3.95. The lowest BCUT2D eigenvalue weighted by Gasteiger charge is -2.20. The van der Waals surface area contributed by atoms with Gasteiger partial charge in [0.2, 0.25) is 0 Å². The van der Waals surface area contributed by atoms with Gasteiger partial charge in [0.1, 0.15) is 28.8 Å². The maximum Gasteiger partial charge on any atom is 0.432 e. The summed E-state index contributed by atoms with van der Waals surface area (Å²) in [5, 5.41) is 0.945. The van der Waals surface area contributed by atoms with Gasteiger partial charge in [0.15, 0.2) is 0 Å². The van der Waals surface area contributed by atoms with E-state index in [1.165, 1.54) is 36.4 Å². The predicted octanol–water partition coefficient (Wildman–Crippen LogP) is 6.34. The first kappa shape index (κ1) is 18.2. The van der Waals surface area contributed by atoms with E-state index in [1.807, 2.05) is 6.92 Å². The molecular weight excluding hydrogens is 351 g/mol. The number of fused-ring (bicyclic) bond motifs is 1. The molecule has 0 unspecified atom stereocenters. The van der Waals surface area contributed by atoms with Crippen LogP contribution >= 0.6 is 0 Å². The minimum atomic E-state index is -4.20. The van der Waals surface area contributed by atoms with E-state index in [9.17, 15) is 22.0 Å². The third kappa shape index (κ3) is 3.64. The molecule has 1 nitrogen and oxygen atoms in total. The Kier molecular flexibility index (Phi) is 4.85. The van der Waals surface area contributed by atoms with Gasteiger partial charge >= 0.3 is 6.11 Å². The van der Waals surface area contributed by atoms with Crippen LogP contribution in [0.2, 0.25) is 0 Å². The molecule has 0 amide bonds. The molecule has 0 N–H and O–H groups in total. The molecule has 0 atom stereocenters. The first-order valence-corrected chi connectivity index (χ1v) is 8.04. The van der Waals surface area contributed by atoms with Gasteiger partial charge in [0.25, 0.3) is 0 Å². The summed E-state index contributed by atoms with van der Waals surface area (Å²) in [5.74, 6) is -3.47. The van der Waals surface area contributed by atoms with Crippen LogP contribution in [0.4, 0.5) is 22.0 Å². The van der Waals surface area contributed by atoms with Gasteiger partial charge < -0.3 is 4.74 Å². The van der Waals surface area contributed by atoms with Crippen molar-refractivity contribution in [1.82, 2.24) is 0 Å². The van der Waals surface area contributed by atoms with Crippen LogP contribution in [-0.4, -0.2) is 0 Å². The zero-order chi connectivity index (χ0) is 18.9. The highest BCUT2D eigenvalue weighted by Crippen LogP contribution is 2.36. The van der Waals surface area contributed by atoms with E-state index >= 15 is 0 Å². The summed E-state index contributed by atoms with van der Waals surface area (Å²) < 4.78 is 74.7. The first-order valence-electron chi connectivity index (χ1n) is 8.04. The molecule has 0 aliphatic rings. The molecule has 0 bridgehead atoms. The van der Waals surface area contributed by atoms with Crippen molar-refractivity contribution in [3.63, 3.8) is 0 Å². The molecule has 0 heterocycles. The highest BCUT2D eigenvalue weighted by Gasteiger charge is 2.41. The Morgan fingerprint density at radius 2 is 1.46 bits per heavy atom. The van der Waals surface area contributed by atoms with Gasteiger partial charge in [-0.1, -0.05) is 25.5 Å². The summed E-state index contributed by atoms with van der Waals surface area (Å²) in [6, 6.07) is 9.43. The summed E-state index contributed by atoms with van der Waals surface area (Å²) in [4.78, 5) is 0. The minimum Gasteiger partial charge on any atom is -0.429 e. The van der Waals surface area contributed by atoms with E-state index < -0.39 is 29.1 Å². The van der Waals surface area contributed by atoms with Crippen LogP contribution in [0.3, 0.4) is 0 Å². The molecule has 3 aromatic carbocycles. The van der Waals surface area contributed by atoms with E-state index in [4.69, 9.17) is 0 Å². The standard InChI is InChI=1S/C20H15F5O/c1-2-3-12-8-17(22)19(18(23)9-12)20(24,25)26-16-7-5-13-10-15(21)6-4-14(13)11-16/h4-11H,2-3H2,1H3. The Balaban J connectivity index is 1.95. The van der Waals surface area contributed by atoms with Crippen LogP contribution in [0.1, 0.15) is 24.5 Å². The number of ether oxygens (including phenoxy) is 1. The Morgan fingerprint density at radius 3 is 2.12 bits per heavy atom. The van der Waals surface area contributed by atoms with Crippen molar-refractivity contribution in [2.75, 3.05) is 0 Å². The number of alkyl halides is 2. The number of hydrogen-bond acceptors (Lipinski definition) is 1. The molecular formula is C20H15F5O. The minimum absolute atomic E-state index is 0.287. The highest BCUT2D eigenvalue weighted by molar-refractivity contribution is 5.83. The van der Waals surface area contributed by atoms with Crippen molar-refractivity contribution in [2.24, 2.45) is 0 Å². The van der Waals surface area contributed by atoms with Gasteiger partial charge in [-0.2, -0.15) is 8.78 Å². The van der Waals surface area contributed by atoms with E-state index in [0.717, 1.165) is 12.1 Å². The lowest BCUT2D eigenvalue weighted by molar-refractivity contribution is -0.189. The van der Waals surface area contributed by atoms with Crippen LogP contribution in [0.25, 0.3) is 10.8 Å². The largest absolute Gasteiger partial charge is 0.432 e. The van der Waals surface area contributed by atoms with Crippen molar-refractivity contribution in [3.05, 3.63) is 77.1 Å². The van der Waals surface area contributed by atoms with Crippen molar-refractivity contribution in [1.29, 1.82) is 0 Å². The van der Waals surface area contributed by atoms with Crippen LogP contribution in [0, 0.1) is 17.5 Å². The molecule has 0 aliphatic heterocycles. The Labute approximate surface area is 147 Å². The number of aryl methyl sites for hydroxylation is 1. The molecule has 0 spiro atoms. The number of rotatable bonds is 5. The van der Waals surface area contributed by atoms with Crippen molar-refractivity contribution in [2.45, 2.75) is 25.9 Å². The van der Waals surface area contributed by atoms with Crippen molar-refractivity contribution < 1.29 is 26.7 Å². The number of halogens is 5. The zero-order valence-electron chi connectivity index (χ0n) is 13.8. The normalized spacial score (nSPS) is 11.8. The molecule has 0 radical (unpaired) electrons. The van der Waals surface area contributed by atoms with Gasteiger partial charge in [-0.05, 0) is 59.2 Å². The first-order chi connectivity index (χ1) is 12.3. The second-order valence-electron chi connectivity index (χ2n) is 5.96. The van der Waals surface area contributed by atoms with Crippen molar-refractivity contribution in [3.8, 4) is 5.75 Å². The highest BCUT2D eigenvalue weighted by atomic mass is 19.3. The average molecular weight is 366 g/mol. The SMILES string of the molecule is CCCc1cc(F)c(C(F)(F)Oc2ccc3cc(F)ccc3c2)c(F)c1. The van der Waals surface area contributed by atoms with Gasteiger partial charge in [0.05, 0.1) is 0 Å². The summed E-state index contributed by atoms with van der Waals surface area (Å²) in [5.41, 5.74) is -1.13. The van der Waals surface area contributed by atoms with Crippen LogP contribution in [0.15, 0.2) is 48.5 Å². The lowest BCUT2D eigenvalue weighted by atomic mass is 10.1. The number of hydrogen-bond donors (Lipinski definition) is 0. The maximum absolute atomic E-state index is 14.4. The molecule has 3 rings (SSSR count). The Morgan fingerprint density at radius 1 is 0.846 bits per heavy atom. The average Bonchev–Trinajstić information content (AvgIpc) is 2.54. The quantitative estimate of drug-likeness (QED) is 0.479. The fourth-order valence-electron chi connectivity index (χ4n) is 2.79. The van der Waals surface area contributed by atoms with E-state index in [2.05, 4.69) is 4.74 Å². The summed E-state index contributed by atoms with van der Waals surface area (Å²) in [6.45, 7) is 1.81. The summed E-state index contributed by atoms with van der Waals surface area (Å²) in [7, 11) is 0. The monoisotopic (exact) mass is 366 g/mol. The third-order valence-electron chi connectivity index (χ3n) is 3.95. The predicted molar refractivity (Wildman–Crippen MR) is 88.8 cm³/mol. The second kappa shape index (κ2) is 6.94. The van der Waals surface area contributed by atoms with Crippen molar-refractivity contribution >= 4 is 10.8 Å². The fraction of sp³-hybridized carbons (Fsp3) is 0.200. The summed E-state index contributed by atoms with van der Waals surface area (Å²) >= 11 is 0. The molecule has 0 saturated heterocycles. The molecule has 6 heteroatoms. The van der Waals surface area contributed by atoms with E-state index in [-0.39, 0.29) is 5.75 Å². The molecule has 0 fully saturated rings. The smallest absolute Gasteiger partial charge is 0.429 e. The van der Waals surface area contributed by atoms with Gasteiger partial charge in [-0.25, -0.2) is 13.2 Å². The van der Waals surface area contributed by atoms with E-state index in [0.29, 0.717) is 29.2 Å². The topological polar surface area (TPSA) is 9.23 Å². The molecule has 0 aliphatic carbocycles. The molecule has 0 aromatic heterocycles. The Bertz CT molecular complexity index is 929. The zero-order valence-corrected chi connectivity index (χ0v) is 13.8. The van der Waals surface area contributed by atoms with Gasteiger partial charge in [0, 0.05) is 0 Å². The van der Waals surface area contributed by atoms with Gasteiger partial charge in [-0.15, -0.1) is 0 Å². The number of benzene rings is 3. The molecule has 3 aromatic rings. The van der Waals surface area contributed by atoms with Gasteiger partial charge in [-0.3, -0.25) is 0 Å².